The van der Waals surface area contributed by atoms with Gasteiger partial charge >= 0.3 is 0 Å². The Balaban J connectivity index is 2.02. The molecule has 2 aromatic rings. The molecule has 0 atom stereocenters. The lowest BCUT2D eigenvalue weighted by Gasteiger charge is -2.08. The molecule has 0 aliphatic carbocycles. The molecule has 3 heteroatoms. The third-order valence-corrected chi connectivity index (χ3v) is 3.09. The van der Waals surface area contributed by atoms with Gasteiger partial charge in [0.1, 0.15) is 0 Å². The van der Waals surface area contributed by atoms with E-state index in [1.54, 1.807) is 24.3 Å². The summed E-state index contributed by atoms with van der Waals surface area (Å²) in [5.41, 5.74) is 4.00. The molecule has 2 aromatic carbocycles. The largest absolute Gasteiger partial charge is 0.378 e. The Bertz CT molecular complexity index is 570. The smallest absolute Gasteiger partial charge is 0.181 e. The summed E-state index contributed by atoms with van der Waals surface area (Å²) in [7, 11) is 0. The van der Waals surface area contributed by atoms with E-state index < -0.39 is 0 Å². The van der Waals surface area contributed by atoms with Crippen LogP contribution < -0.4 is 5.32 Å². The maximum atomic E-state index is 12.0. The van der Waals surface area contributed by atoms with Crippen molar-refractivity contribution in [3.05, 3.63) is 64.2 Å². The van der Waals surface area contributed by atoms with Gasteiger partial charge in [0.25, 0.3) is 0 Å². The van der Waals surface area contributed by atoms with Crippen molar-refractivity contribution in [2.75, 3.05) is 11.9 Å². The van der Waals surface area contributed by atoms with Crippen molar-refractivity contribution in [1.29, 1.82) is 0 Å². The van der Waals surface area contributed by atoms with Crippen molar-refractivity contribution in [2.45, 2.75) is 13.8 Å². The van der Waals surface area contributed by atoms with Gasteiger partial charge in [-0.3, -0.25) is 4.79 Å². The zero-order valence-electron chi connectivity index (χ0n) is 11.0. The third kappa shape index (κ3) is 3.83. The molecule has 0 aliphatic heterocycles. The summed E-state index contributed by atoms with van der Waals surface area (Å²) in [6, 6.07) is 13.1. The number of hydrogen-bond acceptors (Lipinski definition) is 2. The fraction of sp³-hybridized carbons (Fsp3) is 0.188. The summed E-state index contributed by atoms with van der Waals surface area (Å²) in [5.74, 6) is 0.0517. The Morgan fingerprint density at radius 3 is 2.21 bits per heavy atom. The summed E-state index contributed by atoms with van der Waals surface area (Å²) in [5, 5.41) is 3.79. The van der Waals surface area contributed by atoms with E-state index in [-0.39, 0.29) is 12.3 Å². The zero-order valence-corrected chi connectivity index (χ0v) is 11.8. The van der Waals surface area contributed by atoms with Gasteiger partial charge in [0.05, 0.1) is 6.54 Å². The van der Waals surface area contributed by atoms with Gasteiger partial charge in [-0.05, 0) is 61.4 Å². The number of rotatable bonds is 4. The quantitative estimate of drug-likeness (QED) is 0.844. The normalized spacial score (nSPS) is 10.3. The molecular weight excluding hydrogens is 258 g/mol. The maximum Gasteiger partial charge on any atom is 0.181 e. The van der Waals surface area contributed by atoms with Crippen LogP contribution in [-0.4, -0.2) is 12.3 Å². The average Bonchev–Trinajstić information content (AvgIpc) is 2.36. The highest BCUT2D eigenvalue weighted by atomic mass is 35.5. The molecule has 0 fully saturated rings. The molecule has 19 heavy (non-hydrogen) atoms. The number of nitrogens with one attached hydrogen (secondary N) is 1. The van der Waals surface area contributed by atoms with E-state index in [0.29, 0.717) is 10.6 Å². The van der Waals surface area contributed by atoms with Crippen LogP contribution in [0, 0.1) is 13.8 Å². The molecule has 0 saturated heterocycles. The minimum atomic E-state index is 0.0517. The number of ketones is 1. The Kier molecular flexibility index (Phi) is 4.23. The fourth-order valence-corrected chi connectivity index (χ4v) is 2.12. The first-order chi connectivity index (χ1) is 9.04. The Hall–Kier alpha value is -1.80. The molecule has 0 amide bonds. The molecule has 0 aromatic heterocycles. The molecule has 2 rings (SSSR count). The van der Waals surface area contributed by atoms with Crippen LogP contribution in [-0.2, 0) is 0 Å². The average molecular weight is 274 g/mol. The third-order valence-electron chi connectivity index (χ3n) is 2.84. The maximum absolute atomic E-state index is 12.0. The zero-order chi connectivity index (χ0) is 13.8. The second-order valence-corrected chi connectivity index (χ2v) is 5.10. The SMILES string of the molecule is Cc1cc(C)cc(NCC(=O)c2ccc(Cl)cc2)c1. The van der Waals surface area contributed by atoms with Crippen molar-refractivity contribution in [3.63, 3.8) is 0 Å². The topological polar surface area (TPSA) is 29.1 Å². The second kappa shape index (κ2) is 5.89. The standard InChI is InChI=1S/C16H16ClNO/c1-11-7-12(2)9-15(8-11)18-10-16(19)13-3-5-14(17)6-4-13/h3-9,18H,10H2,1-2H3. The highest BCUT2D eigenvalue weighted by molar-refractivity contribution is 6.30. The molecular formula is C16H16ClNO. The predicted octanol–water partition coefficient (Wildman–Crippen LogP) is 4.25. The van der Waals surface area contributed by atoms with Gasteiger partial charge in [-0.2, -0.15) is 0 Å². The van der Waals surface area contributed by atoms with Gasteiger partial charge in [-0.1, -0.05) is 17.7 Å². The minimum absolute atomic E-state index is 0.0517. The van der Waals surface area contributed by atoms with Gasteiger partial charge in [0.2, 0.25) is 0 Å². The highest BCUT2D eigenvalue weighted by Crippen LogP contribution is 2.14. The first-order valence-corrected chi connectivity index (χ1v) is 6.53. The van der Waals surface area contributed by atoms with E-state index in [0.717, 1.165) is 5.69 Å². The summed E-state index contributed by atoms with van der Waals surface area (Å²) < 4.78 is 0. The molecule has 0 saturated carbocycles. The van der Waals surface area contributed by atoms with E-state index in [1.807, 2.05) is 26.0 Å². The molecule has 0 heterocycles. The molecule has 0 radical (unpaired) electrons. The van der Waals surface area contributed by atoms with Crippen LogP contribution in [0.2, 0.25) is 5.02 Å². The number of anilines is 1. The van der Waals surface area contributed by atoms with E-state index in [2.05, 4.69) is 11.4 Å². The van der Waals surface area contributed by atoms with Gasteiger partial charge < -0.3 is 5.32 Å². The number of Topliss-reactive ketones (excluding diaryl/α,β-unsaturated/α-hetero) is 1. The number of benzene rings is 2. The monoisotopic (exact) mass is 273 g/mol. The highest BCUT2D eigenvalue weighted by Gasteiger charge is 2.05. The molecule has 2 nitrogen and oxygen atoms in total. The molecule has 0 bridgehead atoms. The molecule has 1 N–H and O–H groups in total. The van der Waals surface area contributed by atoms with Crippen LogP contribution in [0.4, 0.5) is 5.69 Å². The van der Waals surface area contributed by atoms with Crippen LogP contribution >= 0.6 is 11.6 Å². The minimum Gasteiger partial charge on any atom is -0.378 e. The fourth-order valence-electron chi connectivity index (χ4n) is 2.00. The lowest BCUT2D eigenvalue weighted by Crippen LogP contribution is -2.14. The summed E-state index contributed by atoms with van der Waals surface area (Å²) >= 11 is 5.80. The first kappa shape index (κ1) is 13.6. The van der Waals surface area contributed by atoms with Crippen LogP contribution in [0.5, 0.6) is 0 Å². The summed E-state index contributed by atoms with van der Waals surface area (Å²) in [6.07, 6.45) is 0. The summed E-state index contributed by atoms with van der Waals surface area (Å²) in [6.45, 7) is 4.36. The van der Waals surface area contributed by atoms with E-state index in [4.69, 9.17) is 11.6 Å². The van der Waals surface area contributed by atoms with Gasteiger partial charge in [0, 0.05) is 16.3 Å². The van der Waals surface area contributed by atoms with Crippen molar-refractivity contribution in [1.82, 2.24) is 0 Å². The van der Waals surface area contributed by atoms with Crippen molar-refractivity contribution < 1.29 is 4.79 Å². The molecule has 0 aliphatic rings. The van der Waals surface area contributed by atoms with Crippen LogP contribution in [0.25, 0.3) is 0 Å². The number of aryl methyl sites for hydroxylation is 2. The van der Waals surface area contributed by atoms with Gasteiger partial charge in [-0.15, -0.1) is 0 Å². The number of halogens is 1. The molecule has 98 valence electrons. The number of carbonyl (C=O) groups excluding carboxylic acids is 1. The van der Waals surface area contributed by atoms with E-state index in [9.17, 15) is 4.79 Å². The van der Waals surface area contributed by atoms with Crippen LogP contribution in [0.15, 0.2) is 42.5 Å². The van der Waals surface area contributed by atoms with Gasteiger partial charge in [-0.25, -0.2) is 0 Å². The second-order valence-electron chi connectivity index (χ2n) is 4.66. The van der Waals surface area contributed by atoms with Crippen molar-refractivity contribution in [2.24, 2.45) is 0 Å². The van der Waals surface area contributed by atoms with E-state index in [1.165, 1.54) is 11.1 Å². The lowest BCUT2D eigenvalue weighted by atomic mass is 10.1. The number of carbonyl (C=O) groups is 1. The Morgan fingerprint density at radius 1 is 1.05 bits per heavy atom. The first-order valence-electron chi connectivity index (χ1n) is 6.15. The predicted molar refractivity (Wildman–Crippen MR) is 80.2 cm³/mol. The Morgan fingerprint density at radius 2 is 1.63 bits per heavy atom. The molecule has 0 unspecified atom stereocenters. The summed E-state index contributed by atoms with van der Waals surface area (Å²) in [4.78, 5) is 12.0. The number of hydrogen-bond donors (Lipinski definition) is 1. The molecule has 0 spiro atoms. The Labute approximate surface area is 118 Å². The van der Waals surface area contributed by atoms with Crippen LogP contribution in [0.3, 0.4) is 0 Å². The van der Waals surface area contributed by atoms with E-state index >= 15 is 0 Å². The van der Waals surface area contributed by atoms with Crippen molar-refractivity contribution >= 4 is 23.1 Å². The van der Waals surface area contributed by atoms with Crippen molar-refractivity contribution in [3.8, 4) is 0 Å². The van der Waals surface area contributed by atoms with Gasteiger partial charge in [0.15, 0.2) is 5.78 Å². The van der Waals surface area contributed by atoms with Crippen LogP contribution in [0.1, 0.15) is 21.5 Å². The lowest BCUT2D eigenvalue weighted by molar-refractivity contribution is 0.101.